The number of carbonyl (C=O) groups is 2. The maximum Gasteiger partial charge on any atom is 0.242 e. The zero-order valence-corrected chi connectivity index (χ0v) is 16.3. The molecule has 0 spiro atoms. The van der Waals surface area contributed by atoms with Crippen LogP contribution in [0.5, 0.6) is 0 Å². The molecule has 0 aliphatic heterocycles. The first-order valence-corrected chi connectivity index (χ1v) is 9.51. The summed E-state index contributed by atoms with van der Waals surface area (Å²) in [5.74, 6) is -0.135. The highest BCUT2D eigenvalue weighted by Gasteiger charge is 2.59. The molecule has 2 aromatic rings. The standard InChI is InChI=1S/C22H27N3O2/c1-4-25(19-7-5-6-17(2)16-19)21(27)22(11-12-22)20(26)24(3)15-10-18-8-13-23-14-9-18/h5-9,13-14,16H,4,10-12,15H2,1-3H3. The predicted molar refractivity (Wildman–Crippen MR) is 106 cm³/mol. The molecule has 2 amide bonds. The third-order valence-corrected chi connectivity index (χ3v) is 5.28. The van der Waals surface area contributed by atoms with Crippen molar-refractivity contribution in [2.45, 2.75) is 33.1 Å². The van der Waals surface area contributed by atoms with Gasteiger partial charge in [-0.1, -0.05) is 12.1 Å². The Morgan fingerprint density at radius 2 is 1.81 bits per heavy atom. The lowest BCUT2D eigenvalue weighted by Crippen LogP contribution is -2.46. The van der Waals surface area contributed by atoms with Gasteiger partial charge in [-0.2, -0.15) is 0 Å². The monoisotopic (exact) mass is 365 g/mol. The minimum absolute atomic E-state index is 0.0624. The van der Waals surface area contributed by atoms with Crippen molar-refractivity contribution in [2.24, 2.45) is 5.41 Å². The lowest BCUT2D eigenvalue weighted by Gasteiger charge is -2.29. The summed E-state index contributed by atoms with van der Waals surface area (Å²) < 4.78 is 0. The maximum absolute atomic E-state index is 13.3. The molecule has 0 atom stereocenters. The van der Waals surface area contributed by atoms with Crippen LogP contribution in [0.25, 0.3) is 0 Å². The van der Waals surface area contributed by atoms with Gasteiger partial charge in [-0.15, -0.1) is 0 Å². The molecule has 5 heteroatoms. The number of benzene rings is 1. The number of nitrogens with zero attached hydrogens (tertiary/aromatic N) is 3. The molecule has 142 valence electrons. The van der Waals surface area contributed by atoms with Crippen LogP contribution < -0.4 is 4.90 Å². The fourth-order valence-electron chi connectivity index (χ4n) is 3.45. The molecular formula is C22H27N3O2. The Morgan fingerprint density at radius 1 is 1.11 bits per heavy atom. The molecule has 1 saturated carbocycles. The molecular weight excluding hydrogens is 338 g/mol. The molecule has 1 aromatic heterocycles. The lowest BCUT2D eigenvalue weighted by molar-refractivity contribution is -0.142. The number of aryl methyl sites for hydroxylation is 1. The van der Waals surface area contributed by atoms with Crippen LogP contribution in [-0.2, 0) is 16.0 Å². The van der Waals surface area contributed by atoms with Crippen molar-refractivity contribution < 1.29 is 9.59 Å². The summed E-state index contributed by atoms with van der Waals surface area (Å²) in [6.07, 6.45) is 5.53. The van der Waals surface area contributed by atoms with Crippen molar-refractivity contribution >= 4 is 17.5 Å². The molecule has 3 rings (SSSR count). The van der Waals surface area contributed by atoms with E-state index in [4.69, 9.17) is 0 Å². The highest BCUT2D eigenvalue weighted by atomic mass is 16.2. The van der Waals surface area contributed by atoms with Gasteiger partial charge < -0.3 is 9.80 Å². The van der Waals surface area contributed by atoms with Crippen molar-refractivity contribution in [1.29, 1.82) is 0 Å². The first kappa shape index (κ1) is 19.1. The van der Waals surface area contributed by atoms with Crippen LogP contribution >= 0.6 is 0 Å². The Morgan fingerprint density at radius 3 is 2.41 bits per heavy atom. The van der Waals surface area contributed by atoms with Crippen LogP contribution in [0.2, 0.25) is 0 Å². The fraction of sp³-hybridized carbons (Fsp3) is 0.409. The number of anilines is 1. The average molecular weight is 365 g/mol. The summed E-state index contributed by atoms with van der Waals surface area (Å²) >= 11 is 0. The number of hydrogen-bond donors (Lipinski definition) is 0. The molecule has 1 aromatic carbocycles. The van der Waals surface area contributed by atoms with Gasteiger partial charge in [0.2, 0.25) is 11.8 Å². The maximum atomic E-state index is 13.3. The van der Waals surface area contributed by atoms with Crippen molar-refractivity contribution in [1.82, 2.24) is 9.88 Å². The Bertz CT molecular complexity index is 815. The van der Waals surface area contributed by atoms with Crippen LogP contribution in [-0.4, -0.2) is 41.8 Å². The van der Waals surface area contributed by atoms with Gasteiger partial charge in [0.15, 0.2) is 0 Å². The van der Waals surface area contributed by atoms with Gasteiger partial charge in [-0.25, -0.2) is 0 Å². The second-order valence-electron chi connectivity index (χ2n) is 7.30. The van der Waals surface area contributed by atoms with E-state index in [1.54, 1.807) is 29.2 Å². The summed E-state index contributed by atoms with van der Waals surface area (Å²) in [6, 6.07) is 11.8. The number of carbonyl (C=O) groups excluding carboxylic acids is 2. The van der Waals surface area contributed by atoms with Crippen molar-refractivity contribution in [3.05, 3.63) is 59.9 Å². The molecule has 0 bridgehead atoms. The molecule has 0 radical (unpaired) electrons. The SMILES string of the molecule is CCN(C(=O)C1(C(=O)N(C)CCc2ccncc2)CC1)c1cccc(C)c1. The molecule has 27 heavy (non-hydrogen) atoms. The molecule has 1 aliphatic rings. The zero-order chi connectivity index (χ0) is 19.4. The zero-order valence-electron chi connectivity index (χ0n) is 16.3. The highest BCUT2D eigenvalue weighted by Crippen LogP contribution is 2.49. The number of rotatable bonds is 7. The van der Waals surface area contributed by atoms with E-state index >= 15 is 0 Å². The molecule has 1 aliphatic carbocycles. The van der Waals surface area contributed by atoms with Gasteiger partial charge in [0.1, 0.15) is 5.41 Å². The average Bonchev–Trinajstić information content (AvgIpc) is 3.49. The molecule has 1 fully saturated rings. The quantitative estimate of drug-likeness (QED) is 0.708. The van der Waals surface area contributed by atoms with Gasteiger partial charge in [-0.3, -0.25) is 14.6 Å². The lowest BCUT2D eigenvalue weighted by atomic mass is 10.0. The highest BCUT2D eigenvalue weighted by molar-refractivity contribution is 6.14. The smallest absolute Gasteiger partial charge is 0.242 e. The third-order valence-electron chi connectivity index (χ3n) is 5.28. The number of pyridine rings is 1. The van der Waals surface area contributed by atoms with E-state index in [0.717, 1.165) is 23.2 Å². The first-order chi connectivity index (χ1) is 13.0. The van der Waals surface area contributed by atoms with E-state index in [9.17, 15) is 9.59 Å². The van der Waals surface area contributed by atoms with Crippen LogP contribution in [0, 0.1) is 12.3 Å². The molecule has 0 saturated heterocycles. The fourth-order valence-corrected chi connectivity index (χ4v) is 3.45. The first-order valence-electron chi connectivity index (χ1n) is 9.51. The van der Waals surface area contributed by atoms with E-state index in [-0.39, 0.29) is 11.8 Å². The van der Waals surface area contributed by atoms with E-state index in [1.807, 2.05) is 50.2 Å². The Hall–Kier alpha value is -2.69. The second kappa shape index (κ2) is 7.91. The van der Waals surface area contributed by atoms with Gasteiger partial charge >= 0.3 is 0 Å². The van der Waals surface area contributed by atoms with Gasteiger partial charge in [0, 0.05) is 38.2 Å². The molecule has 0 N–H and O–H groups in total. The van der Waals surface area contributed by atoms with Gasteiger partial charge in [0.05, 0.1) is 0 Å². The predicted octanol–water partition coefficient (Wildman–Crippen LogP) is 3.22. The minimum atomic E-state index is -0.882. The molecule has 5 nitrogen and oxygen atoms in total. The van der Waals surface area contributed by atoms with Crippen LogP contribution in [0.15, 0.2) is 48.8 Å². The number of likely N-dealkylation sites (N-methyl/N-ethyl adjacent to an activating group) is 1. The number of aromatic nitrogens is 1. The van der Waals surface area contributed by atoms with Crippen LogP contribution in [0.4, 0.5) is 5.69 Å². The summed E-state index contributed by atoms with van der Waals surface area (Å²) in [6.45, 7) is 5.10. The normalized spacial score (nSPS) is 14.5. The van der Waals surface area contributed by atoms with Crippen LogP contribution in [0.3, 0.4) is 0 Å². The third kappa shape index (κ3) is 4.02. The number of amides is 2. The summed E-state index contributed by atoms with van der Waals surface area (Å²) in [4.78, 5) is 33.8. The number of hydrogen-bond acceptors (Lipinski definition) is 3. The minimum Gasteiger partial charge on any atom is -0.344 e. The molecule has 1 heterocycles. The Labute approximate surface area is 161 Å². The summed E-state index contributed by atoms with van der Waals surface area (Å²) in [5.41, 5.74) is 2.22. The van der Waals surface area contributed by atoms with E-state index < -0.39 is 5.41 Å². The van der Waals surface area contributed by atoms with Crippen molar-refractivity contribution in [2.75, 3.05) is 25.0 Å². The topological polar surface area (TPSA) is 53.5 Å². The van der Waals surface area contributed by atoms with E-state index in [2.05, 4.69) is 4.98 Å². The van der Waals surface area contributed by atoms with Crippen molar-refractivity contribution in [3.8, 4) is 0 Å². The largest absolute Gasteiger partial charge is 0.344 e. The van der Waals surface area contributed by atoms with E-state index in [1.165, 1.54) is 0 Å². The second-order valence-corrected chi connectivity index (χ2v) is 7.30. The Kier molecular flexibility index (Phi) is 5.59. The van der Waals surface area contributed by atoms with E-state index in [0.29, 0.717) is 25.9 Å². The Balaban J connectivity index is 1.70. The summed E-state index contributed by atoms with van der Waals surface area (Å²) in [5, 5.41) is 0. The van der Waals surface area contributed by atoms with Crippen molar-refractivity contribution in [3.63, 3.8) is 0 Å². The van der Waals surface area contributed by atoms with Gasteiger partial charge in [-0.05, 0) is 68.5 Å². The van der Waals surface area contributed by atoms with Gasteiger partial charge in [0.25, 0.3) is 0 Å². The van der Waals surface area contributed by atoms with Crippen LogP contribution in [0.1, 0.15) is 30.9 Å². The summed E-state index contributed by atoms with van der Waals surface area (Å²) in [7, 11) is 1.79. The molecule has 0 unspecified atom stereocenters.